The lowest BCUT2D eigenvalue weighted by Crippen LogP contribution is -2.44. The Morgan fingerprint density at radius 2 is 2.00 bits per heavy atom. The van der Waals surface area contributed by atoms with E-state index in [-0.39, 0.29) is 17.6 Å². The van der Waals surface area contributed by atoms with E-state index in [1.807, 2.05) is 6.07 Å². The Labute approximate surface area is 229 Å². The zero-order valence-electron chi connectivity index (χ0n) is 22.8. The molecule has 3 aromatic rings. The highest BCUT2D eigenvalue weighted by atomic mass is 32.2. The minimum absolute atomic E-state index is 0.0453. The van der Waals surface area contributed by atoms with Crippen LogP contribution in [0.3, 0.4) is 0 Å². The number of rotatable bonds is 9. The van der Waals surface area contributed by atoms with Crippen molar-refractivity contribution in [2.75, 3.05) is 69.1 Å². The maximum atomic E-state index is 12.9. The first-order valence-corrected chi connectivity index (χ1v) is 15.5. The largest absolute Gasteiger partial charge is 0.494 e. The van der Waals surface area contributed by atoms with Crippen molar-refractivity contribution >= 4 is 44.0 Å². The van der Waals surface area contributed by atoms with Crippen LogP contribution in [0.25, 0.3) is 11.0 Å². The fourth-order valence-corrected chi connectivity index (χ4v) is 6.09. The molecular weight excluding hydrogens is 518 g/mol. The van der Waals surface area contributed by atoms with E-state index in [4.69, 9.17) is 4.74 Å². The van der Waals surface area contributed by atoms with Crippen LogP contribution in [0.4, 0.5) is 17.2 Å². The van der Waals surface area contributed by atoms with Crippen molar-refractivity contribution in [3.8, 4) is 5.75 Å². The maximum absolute atomic E-state index is 12.9. The van der Waals surface area contributed by atoms with Crippen LogP contribution in [0.5, 0.6) is 5.75 Å². The summed E-state index contributed by atoms with van der Waals surface area (Å²) >= 11 is 0. The molecule has 1 fully saturated rings. The molecule has 210 valence electrons. The number of fused-ring (bicyclic) bond motifs is 3. The van der Waals surface area contributed by atoms with Crippen molar-refractivity contribution in [3.05, 3.63) is 35.8 Å². The van der Waals surface area contributed by atoms with Crippen molar-refractivity contribution < 1.29 is 17.9 Å². The third kappa shape index (κ3) is 6.27. The van der Waals surface area contributed by atoms with Gasteiger partial charge in [-0.05, 0) is 50.4 Å². The van der Waals surface area contributed by atoms with Gasteiger partial charge in [-0.15, -0.1) is 0 Å². The predicted octanol–water partition coefficient (Wildman–Crippen LogP) is 2.12. The van der Waals surface area contributed by atoms with Crippen molar-refractivity contribution in [1.29, 1.82) is 0 Å². The molecule has 2 aromatic heterocycles. The molecule has 39 heavy (non-hydrogen) atoms. The number of carbonyl (C=O) groups is 1. The summed E-state index contributed by atoms with van der Waals surface area (Å²) in [5, 5.41) is 7.26. The first-order chi connectivity index (χ1) is 18.7. The molecule has 1 atom stereocenters. The Hall–Kier alpha value is -3.38. The van der Waals surface area contributed by atoms with Gasteiger partial charge in [0.1, 0.15) is 33.4 Å². The minimum Gasteiger partial charge on any atom is -0.494 e. The Morgan fingerprint density at radius 3 is 2.74 bits per heavy atom. The van der Waals surface area contributed by atoms with Gasteiger partial charge in [0.15, 0.2) is 0 Å². The second-order valence-corrected chi connectivity index (χ2v) is 12.8. The third-order valence-electron chi connectivity index (χ3n) is 7.64. The molecule has 0 bridgehead atoms. The van der Waals surface area contributed by atoms with Gasteiger partial charge in [-0.2, -0.15) is 0 Å². The topological polar surface area (TPSA) is 133 Å². The van der Waals surface area contributed by atoms with E-state index in [0.29, 0.717) is 25.2 Å². The number of H-pyrrole nitrogens is 1. The number of aryl methyl sites for hydroxylation is 1. The van der Waals surface area contributed by atoms with Gasteiger partial charge >= 0.3 is 0 Å². The normalized spacial score (nSPS) is 18.1. The zero-order valence-corrected chi connectivity index (χ0v) is 23.6. The Morgan fingerprint density at radius 1 is 1.21 bits per heavy atom. The first kappa shape index (κ1) is 27.2. The van der Waals surface area contributed by atoms with E-state index in [1.165, 1.54) is 12.6 Å². The number of ether oxygens (including phenoxy) is 1. The molecule has 1 aliphatic heterocycles. The third-order valence-corrected chi connectivity index (χ3v) is 8.67. The summed E-state index contributed by atoms with van der Waals surface area (Å²) in [4.78, 5) is 30.0. The predicted molar refractivity (Wildman–Crippen MR) is 153 cm³/mol. The number of amides is 1. The Balaban J connectivity index is 1.34. The average molecular weight is 556 g/mol. The second kappa shape index (κ2) is 11.4. The molecule has 0 saturated carbocycles. The number of aromatic amines is 1. The highest BCUT2D eigenvalue weighted by Gasteiger charge is 2.29. The molecule has 0 radical (unpaired) electrons. The number of nitrogens with one attached hydrogen (secondary N) is 3. The summed E-state index contributed by atoms with van der Waals surface area (Å²) in [6.07, 6.45) is 5.16. The van der Waals surface area contributed by atoms with Gasteiger partial charge in [0.05, 0.1) is 23.9 Å². The van der Waals surface area contributed by atoms with Crippen LogP contribution in [0.1, 0.15) is 24.1 Å². The number of methoxy groups -OCH3 is 1. The van der Waals surface area contributed by atoms with Crippen LogP contribution in [0.15, 0.2) is 24.5 Å². The number of hydrogen-bond acceptors (Lipinski definition) is 9. The van der Waals surface area contributed by atoms with Crippen LogP contribution in [0, 0.1) is 5.92 Å². The molecule has 0 spiro atoms. The van der Waals surface area contributed by atoms with Gasteiger partial charge in [-0.1, -0.05) is 0 Å². The maximum Gasteiger partial charge on any atom is 0.223 e. The lowest BCUT2D eigenvalue weighted by molar-refractivity contribution is -0.125. The van der Waals surface area contributed by atoms with Gasteiger partial charge in [-0.25, -0.2) is 18.4 Å². The molecule has 1 aromatic carbocycles. The zero-order chi connectivity index (χ0) is 27.6. The fraction of sp³-hybridized carbons (Fsp3) is 0.519. The molecule has 11 nitrogen and oxygen atoms in total. The molecule has 0 unspecified atom stereocenters. The highest BCUT2D eigenvalue weighted by Crippen LogP contribution is 2.37. The lowest BCUT2D eigenvalue weighted by atomic mass is 9.86. The Bertz CT molecular complexity index is 1450. The van der Waals surface area contributed by atoms with Crippen molar-refractivity contribution in [3.63, 3.8) is 0 Å². The van der Waals surface area contributed by atoms with Crippen molar-refractivity contribution in [2.45, 2.75) is 25.7 Å². The summed E-state index contributed by atoms with van der Waals surface area (Å²) in [5.74, 6) is 1.22. The number of sulfone groups is 1. The van der Waals surface area contributed by atoms with Gasteiger partial charge < -0.3 is 30.2 Å². The van der Waals surface area contributed by atoms with E-state index >= 15 is 0 Å². The average Bonchev–Trinajstić information content (AvgIpc) is 3.30. The SMILES string of the molecule is COc1cc(N2CCN(C)CC2)ccc1Nc1ncnc2[nH]c3c(c12)C[C@@H](C(=O)NCCCS(C)(=O)=O)CC3. The van der Waals surface area contributed by atoms with Gasteiger partial charge in [0.25, 0.3) is 0 Å². The molecule has 2 aliphatic rings. The van der Waals surface area contributed by atoms with Crippen LogP contribution in [-0.4, -0.2) is 93.1 Å². The number of likely N-dealkylation sites (N-methyl/N-ethyl adjacent to an activating group) is 1. The molecule has 5 rings (SSSR count). The van der Waals surface area contributed by atoms with E-state index in [2.05, 4.69) is 54.6 Å². The van der Waals surface area contributed by atoms with E-state index in [0.717, 1.165) is 78.4 Å². The quantitative estimate of drug-likeness (QED) is 0.340. The second-order valence-electron chi connectivity index (χ2n) is 10.5. The summed E-state index contributed by atoms with van der Waals surface area (Å²) in [6.45, 7) is 4.35. The number of nitrogens with zero attached hydrogens (tertiary/aromatic N) is 4. The molecule has 1 aliphatic carbocycles. The molecule has 1 saturated heterocycles. The van der Waals surface area contributed by atoms with Crippen LogP contribution in [-0.2, 0) is 27.5 Å². The van der Waals surface area contributed by atoms with E-state index < -0.39 is 9.84 Å². The fourth-order valence-electron chi connectivity index (χ4n) is 5.42. The number of carbonyl (C=O) groups excluding carboxylic acids is 1. The molecule has 3 N–H and O–H groups in total. The summed E-state index contributed by atoms with van der Waals surface area (Å²) in [7, 11) is 0.771. The monoisotopic (exact) mass is 555 g/mol. The molecular formula is C27H37N7O4S. The highest BCUT2D eigenvalue weighted by molar-refractivity contribution is 7.90. The number of aromatic nitrogens is 3. The standard InChI is InChI=1S/C27H37N7O4S/c1-33-10-12-34(13-11-33)19-6-8-22(23(16-19)38-2)32-26-24-20-15-18(27(35)28-9-4-14-39(3,36)37)5-7-21(20)31-25(24)29-17-30-26/h6,8,16-18H,4-5,7,9-15H2,1-3H3,(H,28,35)(H2,29,30,31,32)/t18-/m0/s1. The molecule has 1 amide bonds. The van der Waals surface area contributed by atoms with Gasteiger partial charge in [0.2, 0.25) is 5.91 Å². The number of piperazine rings is 1. The Kier molecular flexibility index (Phi) is 7.94. The van der Waals surface area contributed by atoms with Crippen molar-refractivity contribution in [2.24, 2.45) is 5.92 Å². The van der Waals surface area contributed by atoms with Gasteiger partial charge in [-0.3, -0.25) is 4.79 Å². The number of benzene rings is 1. The molecule has 3 heterocycles. The van der Waals surface area contributed by atoms with Crippen LogP contribution in [0.2, 0.25) is 0 Å². The number of anilines is 3. The smallest absolute Gasteiger partial charge is 0.223 e. The summed E-state index contributed by atoms with van der Waals surface area (Å²) < 4.78 is 28.5. The van der Waals surface area contributed by atoms with Crippen molar-refractivity contribution in [1.82, 2.24) is 25.2 Å². The van der Waals surface area contributed by atoms with E-state index in [9.17, 15) is 13.2 Å². The van der Waals surface area contributed by atoms with Crippen LogP contribution < -0.4 is 20.3 Å². The summed E-state index contributed by atoms with van der Waals surface area (Å²) in [5.41, 5.74) is 4.79. The summed E-state index contributed by atoms with van der Waals surface area (Å²) in [6, 6.07) is 6.18. The minimum atomic E-state index is -3.04. The van der Waals surface area contributed by atoms with Gasteiger partial charge in [0, 0.05) is 62.3 Å². The first-order valence-electron chi connectivity index (χ1n) is 13.4. The van der Waals surface area contributed by atoms with Crippen LogP contribution >= 0.6 is 0 Å². The lowest BCUT2D eigenvalue weighted by Gasteiger charge is -2.34. The molecule has 12 heteroatoms. The van der Waals surface area contributed by atoms with E-state index in [1.54, 1.807) is 7.11 Å². The number of hydrogen-bond donors (Lipinski definition) is 3.